The highest BCUT2D eigenvalue weighted by molar-refractivity contribution is 7.07. The molecule has 13 heteroatoms. The van der Waals surface area contributed by atoms with E-state index >= 15 is 0 Å². The number of epoxide rings is 1. The molecule has 2 aromatic rings. The number of ether oxygens (including phenoxy) is 2. The van der Waals surface area contributed by atoms with E-state index in [1.807, 2.05) is 13.8 Å². The van der Waals surface area contributed by atoms with Gasteiger partial charge in [0.1, 0.15) is 28.5 Å². The van der Waals surface area contributed by atoms with Gasteiger partial charge in [-0.3, -0.25) is 19.2 Å². The minimum atomic E-state index is -1.39. The molecule has 5 rings (SSSR count). The predicted molar refractivity (Wildman–Crippen MR) is 138 cm³/mol. The van der Waals surface area contributed by atoms with Gasteiger partial charge in [-0.05, 0) is 32.1 Å². The molecule has 0 aromatic carbocycles. The zero-order valence-corrected chi connectivity index (χ0v) is 23.3. The number of methoxy groups -OCH3 is 1. The van der Waals surface area contributed by atoms with Gasteiger partial charge >= 0.3 is 0 Å². The van der Waals surface area contributed by atoms with Crippen molar-refractivity contribution in [3.05, 3.63) is 34.1 Å². The summed E-state index contributed by atoms with van der Waals surface area (Å²) in [6.07, 6.45) is 0.242. The Labute approximate surface area is 229 Å². The quantitative estimate of drug-likeness (QED) is 0.321. The van der Waals surface area contributed by atoms with E-state index in [4.69, 9.17) is 14.0 Å². The summed E-state index contributed by atoms with van der Waals surface area (Å²) in [4.78, 5) is 57.9. The van der Waals surface area contributed by atoms with Crippen LogP contribution in [-0.4, -0.2) is 76.2 Å². The van der Waals surface area contributed by atoms with Gasteiger partial charge in [-0.15, -0.1) is 11.3 Å². The molecule has 2 aromatic heterocycles. The van der Waals surface area contributed by atoms with Crippen LogP contribution in [0.25, 0.3) is 0 Å². The minimum absolute atomic E-state index is 0.0305. The van der Waals surface area contributed by atoms with E-state index in [9.17, 15) is 19.2 Å². The first-order chi connectivity index (χ1) is 18.4. The summed E-state index contributed by atoms with van der Waals surface area (Å²) in [5.74, 6) is -1.24. The number of amides is 3. The maximum absolute atomic E-state index is 13.7. The van der Waals surface area contributed by atoms with Crippen molar-refractivity contribution in [2.24, 2.45) is 11.8 Å². The number of carbonyl (C=O) groups excluding carboxylic acids is 4. The summed E-state index contributed by atoms with van der Waals surface area (Å²) in [5.41, 5.74) is -1.05. The van der Waals surface area contributed by atoms with Crippen molar-refractivity contribution in [2.75, 3.05) is 13.7 Å². The van der Waals surface area contributed by atoms with Crippen LogP contribution in [0.4, 0.5) is 0 Å². The monoisotopic (exact) mass is 559 g/mol. The van der Waals surface area contributed by atoms with Crippen molar-refractivity contribution in [2.45, 2.75) is 75.8 Å². The SMILES string of the molecule is COC1CC1(NC(=O)c1cc(C)on1)C(=O)N[C@@H](Cc1cscn1)C(=O)N[C@]1(C(=O)[C@@]2(C)CO2)CC1C(C)C. The topological polar surface area (TPSA) is 165 Å². The maximum Gasteiger partial charge on any atom is 0.274 e. The maximum atomic E-state index is 13.7. The van der Waals surface area contributed by atoms with E-state index < -0.39 is 46.5 Å². The third-order valence-electron chi connectivity index (χ3n) is 7.93. The third-order valence-corrected chi connectivity index (χ3v) is 8.57. The first-order valence-corrected chi connectivity index (χ1v) is 13.9. The molecule has 39 heavy (non-hydrogen) atoms. The molecule has 2 aliphatic carbocycles. The number of hydrogen-bond donors (Lipinski definition) is 3. The highest BCUT2D eigenvalue weighted by atomic mass is 32.1. The van der Waals surface area contributed by atoms with E-state index in [-0.39, 0.29) is 36.2 Å². The van der Waals surface area contributed by atoms with Gasteiger partial charge in [0.05, 0.1) is 23.9 Å². The second kappa shape index (κ2) is 9.79. The van der Waals surface area contributed by atoms with Gasteiger partial charge in [-0.25, -0.2) is 4.98 Å². The normalized spacial score (nSPS) is 31.3. The number of aryl methyl sites for hydroxylation is 1. The Kier molecular flexibility index (Phi) is 6.88. The summed E-state index contributed by atoms with van der Waals surface area (Å²) in [6, 6.07) is 0.414. The Morgan fingerprint density at radius 3 is 2.46 bits per heavy atom. The molecule has 1 saturated heterocycles. The summed E-state index contributed by atoms with van der Waals surface area (Å²) in [5, 5.41) is 14.0. The fourth-order valence-electron chi connectivity index (χ4n) is 5.30. The second-order valence-electron chi connectivity index (χ2n) is 11.3. The fourth-order valence-corrected chi connectivity index (χ4v) is 5.87. The fraction of sp³-hybridized carbons (Fsp3) is 0.615. The van der Waals surface area contributed by atoms with Crippen LogP contribution in [0.15, 0.2) is 21.5 Å². The molecule has 2 saturated carbocycles. The van der Waals surface area contributed by atoms with Crippen molar-refractivity contribution >= 4 is 34.8 Å². The van der Waals surface area contributed by atoms with Crippen molar-refractivity contribution in [1.82, 2.24) is 26.1 Å². The Morgan fingerprint density at radius 1 is 1.21 bits per heavy atom. The first kappa shape index (κ1) is 27.4. The van der Waals surface area contributed by atoms with Gasteiger partial charge in [0.2, 0.25) is 11.8 Å². The van der Waals surface area contributed by atoms with E-state index in [1.165, 1.54) is 24.5 Å². The Hall–Kier alpha value is -3.16. The van der Waals surface area contributed by atoms with Crippen LogP contribution in [0, 0.1) is 18.8 Å². The Balaban J connectivity index is 1.36. The van der Waals surface area contributed by atoms with Crippen LogP contribution in [0.5, 0.6) is 0 Å². The predicted octanol–water partition coefficient (Wildman–Crippen LogP) is 0.943. The van der Waals surface area contributed by atoms with Gasteiger partial charge in [0.25, 0.3) is 5.91 Å². The lowest BCUT2D eigenvalue weighted by Crippen LogP contribution is -2.60. The number of Topliss-reactive ketones (excluding diaryl/α,β-unsaturated/α-hetero) is 1. The molecule has 210 valence electrons. The van der Waals surface area contributed by atoms with Crippen molar-refractivity contribution in [1.29, 1.82) is 0 Å². The molecule has 0 bridgehead atoms. The van der Waals surface area contributed by atoms with E-state index in [0.717, 1.165) is 0 Å². The molecule has 3 heterocycles. The summed E-state index contributed by atoms with van der Waals surface area (Å²) < 4.78 is 15.8. The van der Waals surface area contributed by atoms with Crippen molar-refractivity contribution < 1.29 is 33.2 Å². The lowest BCUT2D eigenvalue weighted by Gasteiger charge is -2.27. The van der Waals surface area contributed by atoms with Crippen molar-refractivity contribution in [3.8, 4) is 0 Å². The molecule has 1 aliphatic heterocycles. The molecular weight excluding hydrogens is 526 g/mol. The molecule has 3 amide bonds. The standard InChI is InChI=1S/C26H33N5O7S/c1-13(2)16-8-25(16,22(34)24(4)11-37-24)29-20(32)17(7-15-10-39-12-27-15)28-23(35)26(9-19(26)36-5)30-21(33)18-6-14(3)38-31-18/h6,10,12-13,16-17,19H,7-9,11H2,1-5H3,(H,28,35)(H,29,32)(H,30,33)/t16?,17-,19?,24+,25+,26?/m0/s1. The van der Waals surface area contributed by atoms with Gasteiger partial charge in [-0.2, -0.15) is 0 Å². The highest BCUT2D eigenvalue weighted by Crippen LogP contribution is 2.53. The number of thiazole rings is 1. The number of aromatic nitrogens is 2. The van der Waals surface area contributed by atoms with Gasteiger partial charge < -0.3 is 29.9 Å². The summed E-state index contributed by atoms with van der Waals surface area (Å²) in [6.45, 7) is 7.72. The molecule has 0 spiro atoms. The number of nitrogens with one attached hydrogen (secondary N) is 3. The summed E-state index contributed by atoms with van der Waals surface area (Å²) >= 11 is 1.37. The summed E-state index contributed by atoms with van der Waals surface area (Å²) in [7, 11) is 1.45. The van der Waals surface area contributed by atoms with Crippen LogP contribution in [-0.2, 0) is 30.3 Å². The molecule has 12 nitrogen and oxygen atoms in total. The van der Waals surface area contributed by atoms with E-state index in [1.54, 1.807) is 24.7 Å². The largest absolute Gasteiger partial charge is 0.378 e. The zero-order valence-electron chi connectivity index (χ0n) is 22.5. The van der Waals surface area contributed by atoms with Crippen LogP contribution in [0.2, 0.25) is 0 Å². The lowest BCUT2D eigenvalue weighted by molar-refractivity contribution is -0.135. The average Bonchev–Trinajstić information content (AvgIpc) is 3.83. The van der Waals surface area contributed by atoms with Gasteiger partial charge in [0.15, 0.2) is 11.5 Å². The van der Waals surface area contributed by atoms with Crippen molar-refractivity contribution in [3.63, 3.8) is 0 Å². The Bertz CT molecular complexity index is 1290. The molecule has 0 radical (unpaired) electrons. The first-order valence-electron chi connectivity index (χ1n) is 12.9. The molecule has 3 aliphatic rings. The smallest absolute Gasteiger partial charge is 0.274 e. The Morgan fingerprint density at radius 2 is 1.95 bits per heavy atom. The number of carbonyl (C=O) groups is 4. The minimum Gasteiger partial charge on any atom is -0.378 e. The molecule has 3 unspecified atom stereocenters. The zero-order chi connectivity index (χ0) is 28.2. The van der Waals surface area contributed by atoms with Crippen LogP contribution in [0.1, 0.15) is 55.6 Å². The van der Waals surface area contributed by atoms with Gasteiger partial charge in [-0.1, -0.05) is 19.0 Å². The van der Waals surface area contributed by atoms with E-state index in [2.05, 4.69) is 26.1 Å². The van der Waals surface area contributed by atoms with E-state index in [0.29, 0.717) is 24.5 Å². The lowest BCUT2D eigenvalue weighted by atomic mass is 9.92. The average molecular weight is 560 g/mol. The van der Waals surface area contributed by atoms with Crippen LogP contribution < -0.4 is 16.0 Å². The number of ketones is 1. The second-order valence-corrected chi connectivity index (χ2v) is 12.0. The molecule has 3 fully saturated rings. The highest BCUT2D eigenvalue weighted by Gasteiger charge is 2.69. The molecular formula is C26H33N5O7S. The number of nitrogens with zero attached hydrogens (tertiary/aromatic N) is 2. The van der Waals surface area contributed by atoms with Gasteiger partial charge in [0, 0.05) is 31.4 Å². The number of rotatable bonds is 12. The molecule has 6 atom stereocenters. The molecule has 3 N–H and O–H groups in total. The number of hydrogen-bond acceptors (Lipinski definition) is 10. The van der Waals surface area contributed by atoms with Crippen LogP contribution in [0.3, 0.4) is 0 Å². The van der Waals surface area contributed by atoms with Crippen LogP contribution >= 0.6 is 11.3 Å². The third kappa shape index (κ3) is 5.10.